The maximum atomic E-state index is 13.6. The Hall–Kier alpha value is -3.51. The summed E-state index contributed by atoms with van der Waals surface area (Å²) in [5.41, 5.74) is 2.47. The van der Waals surface area contributed by atoms with Gasteiger partial charge in [-0.25, -0.2) is 14.4 Å². The average molecular weight is 506 g/mol. The van der Waals surface area contributed by atoms with Gasteiger partial charge in [-0.3, -0.25) is 4.79 Å². The van der Waals surface area contributed by atoms with Gasteiger partial charge in [0.1, 0.15) is 18.0 Å². The van der Waals surface area contributed by atoms with E-state index in [1.54, 1.807) is 18.2 Å². The van der Waals surface area contributed by atoms with Crippen molar-refractivity contribution in [3.8, 4) is 11.8 Å². The molecule has 0 radical (unpaired) electrons. The number of carbonyl (C=O) groups is 1. The summed E-state index contributed by atoms with van der Waals surface area (Å²) in [6.45, 7) is 2.17. The molecule has 3 aromatic rings. The van der Waals surface area contributed by atoms with Crippen LogP contribution < -0.4 is 10.6 Å². The van der Waals surface area contributed by atoms with E-state index in [0.29, 0.717) is 58.0 Å². The maximum absolute atomic E-state index is 13.6. The molecule has 1 saturated heterocycles. The predicted octanol–water partition coefficient (Wildman–Crippen LogP) is 4.47. The fourth-order valence-electron chi connectivity index (χ4n) is 4.28. The first-order valence-electron chi connectivity index (χ1n) is 11.6. The highest BCUT2D eigenvalue weighted by Gasteiger charge is 2.53. The molecule has 1 amide bonds. The Morgan fingerprint density at radius 2 is 2.06 bits per heavy atom. The number of rotatable bonds is 6. The topological polar surface area (TPSA) is 79.4 Å². The van der Waals surface area contributed by atoms with Gasteiger partial charge in [0.15, 0.2) is 0 Å². The van der Waals surface area contributed by atoms with Crippen LogP contribution in [0.4, 0.5) is 21.6 Å². The summed E-state index contributed by atoms with van der Waals surface area (Å²) in [4.78, 5) is 23.4. The number of fused-ring (bicyclic) bond motifs is 2. The van der Waals surface area contributed by atoms with Crippen LogP contribution in [0.5, 0.6) is 0 Å². The average Bonchev–Trinajstić information content (AvgIpc) is 3.26. The molecule has 2 atom stereocenters. The van der Waals surface area contributed by atoms with Crippen molar-refractivity contribution in [1.82, 2.24) is 14.9 Å². The first kappa shape index (κ1) is 24.2. The molecule has 2 heterocycles. The Morgan fingerprint density at radius 3 is 2.81 bits per heavy atom. The minimum Gasteiger partial charge on any atom is -0.381 e. The van der Waals surface area contributed by atoms with Crippen molar-refractivity contribution in [3.05, 3.63) is 65.2 Å². The van der Waals surface area contributed by atoms with Gasteiger partial charge in [0.25, 0.3) is 0 Å². The molecule has 5 rings (SSSR count). The molecular weight excluding hydrogens is 481 g/mol. The first-order valence-corrected chi connectivity index (χ1v) is 12.0. The largest absolute Gasteiger partial charge is 0.381 e. The second-order valence-electron chi connectivity index (χ2n) is 9.21. The lowest BCUT2D eigenvalue weighted by atomic mass is 10.1. The number of ether oxygens (including phenoxy) is 1. The van der Waals surface area contributed by atoms with Gasteiger partial charge < -0.3 is 20.3 Å². The molecule has 9 heteroatoms. The second kappa shape index (κ2) is 10.2. The van der Waals surface area contributed by atoms with E-state index in [1.165, 1.54) is 24.5 Å². The minimum atomic E-state index is -0.503. The van der Waals surface area contributed by atoms with Gasteiger partial charge in [-0.15, -0.1) is 0 Å². The van der Waals surface area contributed by atoms with E-state index < -0.39 is 5.82 Å². The maximum Gasteiger partial charge on any atom is 0.248 e. The van der Waals surface area contributed by atoms with Crippen molar-refractivity contribution < 1.29 is 13.9 Å². The molecule has 184 valence electrons. The Bertz CT molecular complexity index is 1400. The van der Waals surface area contributed by atoms with Crippen molar-refractivity contribution in [1.29, 1.82) is 0 Å². The molecule has 0 spiro atoms. The van der Waals surface area contributed by atoms with Crippen molar-refractivity contribution in [2.24, 2.45) is 17.8 Å². The van der Waals surface area contributed by atoms with Gasteiger partial charge in [-0.1, -0.05) is 29.5 Å². The lowest BCUT2D eigenvalue weighted by Gasteiger charge is -2.12. The molecule has 2 unspecified atom stereocenters. The zero-order valence-corrected chi connectivity index (χ0v) is 20.6. The van der Waals surface area contributed by atoms with E-state index in [0.717, 1.165) is 13.2 Å². The van der Waals surface area contributed by atoms with E-state index in [4.69, 9.17) is 16.3 Å². The fourth-order valence-corrected chi connectivity index (χ4v) is 4.46. The summed E-state index contributed by atoms with van der Waals surface area (Å²) in [7, 11) is 3.86. The molecule has 1 aromatic heterocycles. The van der Waals surface area contributed by atoms with Crippen LogP contribution in [0.15, 0.2) is 48.8 Å². The summed E-state index contributed by atoms with van der Waals surface area (Å²) in [5, 5.41) is 6.79. The summed E-state index contributed by atoms with van der Waals surface area (Å²) in [6.07, 6.45) is 4.74. The van der Waals surface area contributed by atoms with Crippen LogP contribution in [0, 0.1) is 35.4 Å². The lowest BCUT2D eigenvalue weighted by molar-refractivity contribution is -0.111. The third kappa shape index (κ3) is 5.34. The van der Waals surface area contributed by atoms with Gasteiger partial charge in [0, 0.05) is 41.4 Å². The number of benzene rings is 2. The molecule has 1 aliphatic carbocycles. The molecule has 2 aromatic carbocycles. The normalized spacial score (nSPS) is 20.3. The van der Waals surface area contributed by atoms with Gasteiger partial charge in [-0.05, 0) is 44.4 Å². The summed E-state index contributed by atoms with van der Waals surface area (Å²) in [5.74, 6) is 7.70. The molecule has 7 nitrogen and oxygen atoms in total. The number of amides is 1. The number of anilines is 3. The summed E-state index contributed by atoms with van der Waals surface area (Å²) >= 11 is 5.94. The second-order valence-corrected chi connectivity index (χ2v) is 9.61. The number of halogens is 2. The van der Waals surface area contributed by atoms with Crippen LogP contribution in [0.25, 0.3) is 10.9 Å². The van der Waals surface area contributed by atoms with Crippen molar-refractivity contribution >= 4 is 45.6 Å². The zero-order valence-electron chi connectivity index (χ0n) is 19.9. The van der Waals surface area contributed by atoms with E-state index in [-0.39, 0.29) is 10.9 Å². The summed E-state index contributed by atoms with van der Waals surface area (Å²) < 4.78 is 19.1. The third-order valence-electron chi connectivity index (χ3n) is 6.28. The van der Waals surface area contributed by atoms with Crippen molar-refractivity contribution in [2.75, 3.05) is 44.5 Å². The van der Waals surface area contributed by atoms with Crippen molar-refractivity contribution in [2.45, 2.75) is 0 Å². The minimum absolute atomic E-state index is 0.00336. The van der Waals surface area contributed by atoms with Crippen LogP contribution >= 0.6 is 11.6 Å². The highest BCUT2D eigenvalue weighted by Crippen LogP contribution is 2.50. The number of likely N-dealkylation sites (N-methyl/N-ethyl adjacent to an activating group) is 1. The quantitative estimate of drug-likeness (QED) is 0.380. The van der Waals surface area contributed by atoms with Crippen molar-refractivity contribution in [3.63, 3.8) is 0 Å². The van der Waals surface area contributed by atoms with Gasteiger partial charge in [-0.2, -0.15) is 0 Å². The standard InChI is InChI=1S/C27H25ClFN5O2/c1-34(2)9-3-4-26(35)33-24-12-19-25(10-16(24)5-7-18-20-13-36-14-21(18)20)30-15-31-27(19)32-17-6-8-23(29)22(28)11-17/h3-4,6,8,10-12,15,18,20-21H,9,13-14H2,1-2H3,(H,33,35)(H,30,31,32)/b4-3+. The number of nitrogens with zero attached hydrogens (tertiary/aromatic N) is 3. The smallest absolute Gasteiger partial charge is 0.248 e. The number of aromatic nitrogens is 2. The van der Waals surface area contributed by atoms with Crippen LogP contribution in [-0.4, -0.2) is 54.6 Å². The molecule has 2 N–H and O–H groups in total. The van der Waals surface area contributed by atoms with E-state index >= 15 is 0 Å². The van der Waals surface area contributed by atoms with Crippen LogP contribution in [0.1, 0.15) is 5.56 Å². The first-order chi connectivity index (χ1) is 17.4. The highest BCUT2D eigenvalue weighted by atomic mass is 35.5. The Morgan fingerprint density at radius 1 is 1.25 bits per heavy atom. The van der Waals surface area contributed by atoms with E-state index in [9.17, 15) is 9.18 Å². The molecular formula is C27H25ClFN5O2. The molecule has 2 aliphatic rings. The van der Waals surface area contributed by atoms with E-state index in [1.807, 2.05) is 25.1 Å². The monoisotopic (exact) mass is 505 g/mol. The van der Waals surface area contributed by atoms with Gasteiger partial charge in [0.2, 0.25) is 5.91 Å². The number of nitrogens with one attached hydrogen (secondary N) is 2. The third-order valence-corrected chi connectivity index (χ3v) is 6.57. The number of hydrogen-bond acceptors (Lipinski definition) is 6. The molecule has 1 aliphatic heterocycles. The van der Waals surface area contributed by atoms with Gasteiger partial charge in [0.05, 0.1) is 35.0 Å². The lowest BCUT2D eigenvalue weighted by Crippen LogP contribution is -2.13. The van der Waals surface area contributed by atoms with Crippen LogP contribution in [0.2, 0.25) is 5.02 Å². The fraction of sp³-hybridized carbons (Fsp3) is 0.296. The van der Waals surface area contributed by atoms with Crippen LogP contribution in [0.3, 0.4) is 0 Å². The predicted molar refractivity (Wildman–Crippen MR) is 139 cm³/mol. The Kier molecular flexibility index (Phi) is 6.88. The number of carbonyl (C=O) groups excluding carboxylic acids is 1. The molecule has 2 fully saturated rings. The number of hydrogen-bond donors (Lipinski definition) is 2. The molecule has 1 saturated carbocycles. The molecule has 0 bridgehead atoms. The SMILES string of the molecule is CN(C)C/C=C/C(=O)Nc1cc2c(Nc3ccc(F)c(Cl)c3)ncnc2cc1C#CC1C2COCC12. The van der Waals surface area contributed by atoms with E-state index in [2.05, 4.69) is 32.4 Å². The summed E-state index contributed by atoms with van der Waals surface area (Å²) in [6, 6.07) is 8.00. The molecule has 36 heavy (non-hydrogen) atoms. The highest BCUT2D eigenvalue weighted by molar-refractivity contribution is 6.31. The zero-order chi connectivity index (χ0) is 25.2. The van der Waals surface area contributed by atoms with Gasteiger partial charge >= 0.3 is 0 Å². The Balaban J connectivity index is 1.49. The van der Waals surface area contributed by atoms with Crippen LogP contribution in [-0.2, 0) is 9.53 Å². The Labute approximate surface area is 213 Å².